The Morgan fingerprint density at radius 2 is 1.85 bits per heavy atom. The highest BCUT2D eigenvalue weighted by atomic mass is 19.1. The first kappa shape index (κ1) is 20.2. The molecule has 0 radical (unpaired) electrons. The van der Waals surface area contributed by atoms with E-state index in [1.807, 2.05) is 31.2 Å². The Labute approximate surface area is 157 Å². The third-order valence-electron chi connectivity index (χ3n) is 3.61. The van der Waals surface area contributed by atoms with Crippen molar-refractivity contribution in [2.75, 3.05) is 19.8 Å². The topological polar surface area (TPSA) is 64.6 Å². The maximum absolute atomic E-state index is 12.8. The van der Waals surface area contributed by atoms with Gasteiger partial charge in [-0.05, 0) is 43.2 Å². The average molecular weight is 371 g/mol. The number of rotatable bonds is 9. The molecular formula is C21H22FNO4. The van der Waals surface area contributed by atoms with E-state index >= 15 is 0 Å². The Morgan fingerprint density at radius 1 is 1.11 bits per heavy atom. The number of benzene rings is 2. The number of hydrogen-bond acceptors (Lipinski definition) is 4. The first-order valence-electron chi connectivity index (χ1n) is 8.66. The van der Waals surface area contributed by atoms with Crippen LogP contribution in [0.2, 0.25) is 0 Å². The number of carbonyl (C=O) groups is 2. The molecule has 2 rings (SSSR count). The first-order chi connectivity index (χ1) is 13.1. The van der Waals surface area contributed by atoms with Crippen LogP contribution in [-0.4, -0.2) is 31.6 Å². The van der Waals surface area contributed by atoms with Gasteiger partial charge in [0.25, 0.3) is 5.91 Å². The molecule has 5 nitrogen and oxygen atoms in total. The van der Waals surface area contributed by atoms with Crippen LogP contribution in [0.3, 0.4) is 0 Å². The van der Waals surface area contributed by atoms with Gasteiger partial charge in [0.15, 0.2) is 6.61 Å². The van der Waals surface area contributed by atoms with Crippen molar-refractivity contribution in [3.05, 3.63) is 71.6 Å². The van der Waals surface area contributed by atoms with Crippen molar-refractivity contribution < 1.29 is 23.5 Å². The third kappa shape index (κ3) is 7.32. The van der Waals surface area contributed by atoms with Gasteiger partial charge in [0, 0.05) is 18.2 Å². The van der Waals surface area contributed by atoms with E-state index in [1.165, 1.54) is 18.2 Å². The van der Waals surface area contributed by atoms with Crippen molar-refractivity contribution in [1.29, 1.82) is 0 Å². The molecule has 142 valence electrons. The molecule has 0 aromatic heterocycles. The summed E-state index contributed by atoms with van der Waals surface area (Å²) in [4.78, 5) is 23.5. The van der Waals surface area contributed by atoms with E-state index in [0.717, 1.165) is 11.1 Å². The lowest BCUT2D eigenvalue weighted by Gasteiger charge is -2.07. The van der Waals surface area contributed by atoms with Crippen molar-refractivity contribution in [3.63, 3.8) is 0 Å². The number of ether oxygens (including phenoxy) is 2. The Morgan fingerprint density at radius 3 is 2.59 bits per heavy atom. The van der Waals surface area contributed by atoms with E-state index in [-0.39, 0.29) is 12.4 Å². The van der Waals surface area contributed by atoms with E-state index < -0.39 is 11.9 Å². The summed E-state index contributed by atoms with van der Waals surface area (Å²) in [5.41, 5.74) is 1.66. The lowest BCUT2D eigenvalue weighted by atomic mass is 10.1. The van der Waals surface area contributed by atoms with Gasteiger partial charge >= 0.3 is 5.97 Å². The second-order valence-electron chi connectivity index (χ2n) is 5.64. The molecule has 2 aromatic rings. The van der Waals surface area contributed by atoms with Crippen LogP contribution in [0.5, 0.6) is 5.75 Å². The molecule has 1 amide bonds. The van der Waals surface area contributed by atoms with E-state index in [1.54, 1.807) is 18.2 Å². The predicted octanol–water partition coefficient (Wildman–Crippen LogP) is 3.14. The van der Waals surface area contributed by atoms with Gasteiger partial charge in [0.05, 0.1) is 6.61 Å². The molecule has 2 aromatic carbocycles. The van der Waals surface area contributed by atoms with Crippen molar-refractivity contribution in [2.45, 2.75) is 13.3 Å². The fourth-order valence-corrected chi connectivity index (χ4v) is 2.30. The summed E-state index contributed by atoms with van der Waals surface area (Å²) in [5.74, 6) is -0.641. The van der Waals surface area contributed by atoms with Crippen LogP contribution in [0, 0.1) is 5.82 Å². The predicted molar refractivity (Wildman–Crippen MR) is 101 cm³/mol. The zero-order valence-electron chi connectivity index (χ0n) is 15.1. The van der Waals surface area contributed by atoms with Crippen molar-refractivity contribution >= 4 is 18.0 Å². The molecule has 0 aliphatic rings. The number of carbonyl (C=O) groups excluding carboxylic acids is 2. The summed E-state index contributed by atoms with van der Waals surface area (Å²) in [5, 5.41) is 2.65. The van der Waals surface area contributed by atoms with Gasteiger partial charge < -0.3 is 14.8 Å². The molecule has 0 unspecified atom stereocenters. The van der Waals surface area contributed by atoms with E-state index in [4.69, 9.17) is 9.47 Å². The van der Waals surface area contributed by atoms with Crippen molar-refractivity contribution in [3.8, 4) is 5.75 Å². The van der Waals surface area contributed by atoms with Crippen LogP contribution < -0.4 is 10.1 Å². The van der Waals surface area contributed by atoms with Crippen LogP contribution in [0.1, 0.15) is 18.1 Å². The van der Waals surface area contributed by atoms with Gasteiger partial charge in [-0.3, -0.25) is 4.79 Å². The number of esters is 1. The number of amides is 1. The maximum atomic E-state index is 12.8. The van der Waals surface area contributed by atoms with E-state index in [9.17, 15) is 14.0 Å². The normalized spacial score (nSPS) is 10.6. The molecule has 27 heavy (non-hydrogen) atoms. The van der Waals surface area contributed by atoms with Crippen LogP contribution in [0.15, 0.2) is 54.6 Å². The molecule has 0 fully saturated rings. The minimum Gasteiger partial charge on any atom is -0.493 e. The van der Waals surface area contributed by atoms with Crippen LogP contribution in [-0.2, 0) is 20.7 Å². The Kier molecular flexibility index (Phi) is 8.03. The zero-order chi connectivity index (χ0) is 19.5. The van der Waals surface area contributed by atoms with Gasteiger partial charge in [-0.15, -0.1) is 0 Å². The molecule has 0 spiro atoms. The van der Waals surface area contributed by atoms with Crippen LogP contribution >= 0.6 is 0 Å². The molecule has 1 N–H and O–H groups in total. The molecule has 0 aliphatic carbocycles. The summed E-state index contributed by atoms with van der Waals surface area (Å²) in [6, 6.07) is 13.4. The Balaban J connectivity index is 1.71. The minimum absolute atomic E-state index is 0.299. The number of halogens is 1. The number of para-hydroxylation sites is 1. The summed E-state index contributed by atoms with van der Waals surface area (Å²) < 4.78 is 23.2. The molecule has 0 saturated heterocycles. The highest BCUT2D eigenvalue weighted by molar-refractivity contribution is 5.89. The summed E-state index contributed by atoms with van der Waals surface area (Å²) in [6.45, 7) is 2.41. The molecule has 0 atom stereocenters. The second-order valence-corrected chi connectivity index (χ2v) is 5.64. The summed E-state index contributed by atoms with van der Waals surface area (Å²) in [7, 11) is 0. The number of nitrogens with one attached hydrogen (secondary N) is 1. The van der Waals surface area contributed by atoms with Crippen molar-refractivity contribution in [1.82, 2.24) is 5.32 Å². The largest absolute Gasteiger partial charge is 0.493 e. The monoisotopic (exact) mass is 371 g/mol. The van der Waals surface area contributed by atoms with Gasteiger partial charge in [0.1, 0.15) is 11.6 Å². The first-order valence-corrected chi connectivity index (χ1v) is 8.66. The molecule has 0 heterocycles. The fourth-order valence-electron chi connectivity index (χ4n) is 2.30. The summed E-state index contributed by atoms with van der Waals surface area (Å²) >= 11 is 0. The SMILES string of the molecule is CCOc1ccccc1/C=C/C(=O)OCC(=O)NCCc1ccc(F)cc1. The second kappa shape index (κ2) is 10.8. The van der Waals surface area contributed by atoms with Gasteiger partial charge in [-0.1, -0.05) is 30.3 Å². The van der Waals surface area contributed by atoms with Crippen molar-refractivity contribution in [2.24, 2.45) is 0 Å². The van der Waals surface area contributed by atoms with Gasteiger partial charge in [0.2, 0.25) is 0 Å². The quantitative estimate of drug-likeness (QED) is 0.543. The Bertz CT molecular complexity index is 787. The van der Waals surface area contributed by atoms with Crippen LogP contribution in [0.4, 0.5) is 4.39 Å². The van der Waals surface area contributed by atoms with E-state index in [0.29, 0.717) is 25.3 Å². The van der Waals surface area contributed by atoms with Gasteiger partial charge in [-0.2, -0.15) is 0 Å². The van der Waals surface area contributed by atoms with E-state index in [2.05, 4.69) is 5.32 Å². The molecule has 0 bridgehead atoms. The zero-order valence-corrected chi connectivity index (χ0v) is 15.1. The molecule has 0 aliphatic heterocycles. The minimum atomic E-state index is -0.616. The average Bonchev–Trinajstić information content (AvgIpc) is 2.67. The Hall–Kier alpha value is -3.15. The highest BCUT2D eigenvalue weighted by Crippen LogP contribution is 2.19. The third-order valence-corrected chi connectivity index (χ3v) is 3.61. The standard InChI is InChI=1S/C21H22FNO4/c1-2-26-19-6-4-3-5-17(19)9-12-21(25)27-15-20(24)23-14-13-16-7-10-18(22)11-8-16/h3-12H,2,13-15H2,1H3,(H,23,24)/b12-9+. The lowest BCUT2D eigenvalue weighted by molar-refractivity contribution is -0.143. The number of hydrogen-bond donors (Lipinski definition) is 1. The lowest BCUT2D eigenvalue weighted by Crippen LogP contribution is -2.30. The molecule has 0 saturated carbocycles. The smallest absolute Gasteiger partial charge is 0.331 e. The van der Waals surface area contributed by atoms with Gasteiger partial charge in [-0.25, -0.2) is 9.18 Å². The molecule has 6 heteroatoms. The summed E-state index contributed by atoms with van der Waals surface area (Å²) in [6.07, 6.45) is 3.40. The fraction of sp³-hybridized carbons (Fsp3) is 0.238. The molecular weight excluding hydrogens is 349 g/mol. The van der Waals surface area contributed by atoms with Crippen LogP contribution in [0.25, 0.3) is 6.08 Å². The highest BCUT2D eigenvalue weighted by Gasteiger charge is 2.05. The maximum Gasteiger partial charge on any atom is 0.331 e.